The predicted molar refractivity (Wildman–Crippen MR) is 70.8 cm³/mol. The van der Waals surface area contributed by atoms with Crippen LogP contribution in [0, 0.1) is 0 Å². The Bertz CT molecular complexity index is 368. The monoisotopic (exact) mass is 259 g/mol. The lowest BCUT2D eigenvalue weighted by molar-refractivity contribution is 0.490. The zero-order chi connectivity index (χ0) is 13.1. The molecular weight excluding hydrogens is 238 g/mol. The largest absolute Gasteiger partial charge is 0.320 e. The summed E-state index contributed by atoms with van der Waals surface area (Å²) in [6, 6.07) is 10.7. The molecule has 0 aliphatic rings. The van der Waals surface area contributed by atoms with Crippen LogP contribution in [0.2, 0.25) is 0 Å². The number of benzene rings is 1. The Kier molecular flexibility index (Phi) is 8.66. The Balaban J connectivity index is 0.000000437. The molecule has 17 heavy (non-hydrogen) atoms. The molecule has 0 aliphatic heterocycles. The van der Waals surface area contributed by atoms with Gasteiger partial charge in [-0.3, -0.25) is 4.55 Å². The topological polar surface area (TPSA) is 66.4 Å². The van der Waals surface area contributed by atoms with Gasteiger partial charge >= 0.3 is 0 Å². The molecule has 0 atom stereocenters. The van der Waals surface area contributed by atoms with Gasteiger partial charge in [-0.25, -0.2) is 0 Å². The van der Waals surface area contributed by atoms with Crippen molar-refractivity contribution in [2.75, 3.05) is 19.8 Å². The predicted octanol–water partition coefficient (Wildman–Crippen LogP) is 1.73. The second kappa shape index (κ2) is 9.15. The summed E-state index contributed by atoms with van der Waals surface area (Å²) in [5, 5.41) is 3.15. The molecule has 1 aromatic carbocycles. The van der Waals surface area contributed by atoms with E-state index in [-0.39, 0.29) is 0 Å². The highest BCUT2D eigenvalue weighted by atomic mass is 32.2. The first-order valence-corrected chi connectivity index (χ1v) is 7.39. The molecule has 98 valence electrons. The van der Waals surface area contributed by atoms with Crippen LogP contribution in [0.4, 0.5) is 0 Å². The van der Waals surface area contributed by atoms with Crippen molar-refractivity contribution < 1.29 is 13.0 Å². The van der Waals surface area contributed by atoms with Crippen molar-refractivity contribution in [2.24, 2.45) is 0 Å². The number of hydrogen-bond acceptors (Lipinski definition) is 3. The lowest BCUT2D eigenvalue weighted by atomic mass is 10.1. The van der Waals surface area contributed by atoms with Gasteiger partial charge in [0.2, 0.25) is 0 Å². The number of rotatable bonds is 5. The van der Waals surface area contributed by atoms with Crippen LogP contribution in [-0.2, 0) is 16.5 Å². The van der Waals surface area contributed by atoms with Crippen molar-refractivity contribution in [3.63, 3.8) is 0 Å². The average molecular weight is 259 g/mol. The van der Waals surface area contributed by atoms with Gasteiger partial charge in [0.1, 0.15) is 0 Å². The summed E-state index contributed by atoms with van der Waals surface area (Å²) in [5.41, 5.74) is 1.45. The fourth-order valence-electron chi connectivity index (χ4n) is 1.28. The molecule has 0 fully saturated rings. The fraction of sp³-hybridized carbons (Fsp3) is 0.500. The minimum atomic E-state index is -3.67. The Labute approximate surface area is 104 Å². The molecule has 0 bridgehead atoms. The standard InChI is InChI=1S/C11H17N.CH4O3S/c1-12-10-6-5-9-11-7-3-2-4-8-11;1-5(2,3)4/h2-4,7-8,12H,5-6,9-10H2,1H3;1H3,(H,2,3,4). The van der Waals surface area contributed by atoms with E-state index >= 15 is 0 Å². The lowest BCUT2D eigenvalue weighted by Crippen LogP contribution is -2.07. The first-order valence-electron chi connectivity index (χ1n) is 5.54. The summed E-state index contributed by atoms with van der Waals surface area (Å²) in [6.07, 6.45) is 4.48. The molecule has 0 aromatic heterocycles. The maximum Gasteiger partial charge on any atom is 0.261 e. The molecule has 1 aromatic rings. The first kappa shape index (κ1) is 16.1. The highest BCUT2D eigenvalue weighted by Gasteiger charge is 1.90. The molecule has 0 spiro atoms. The highest BCUT2D eigenvalue weighted by molar-refractivity contribution is 7.85. The van der Waals surface area contributed by atoms with E-state index in [9.17, 15) is 8.42 Å². The van der Waals surface area contributed by atoms with Gasteiger partial charge in [0.25, 0.3) is 10.1 Å². The second-order valence-electron chi connectivity index (χ2n) is 3.78. The molecule has 0 saturated heterocycles. The van der Waals surface area contributed by atoms with Crippen LogP contribution < -0.4 is 5.32 Å². The summed E-state index contributed by atoms with van der Waals surface area (Å²) < 4.78 is 25.9. The van der Waals surface area contributed by atoms with Gasteiger partial charge in [-0.1, -0.05) is 30.3 Å². The van der Waals surface area contributed by atoms with Crippen molar-refractivity contribution in [3.05, 3.63) is 35.9 Å². The van der Waals surface area contributed by atoms with Crippen molar-refractivity contribution >= 4 is 10.1 Å². The SMILES string of the molecule is CNCCCCc1ccccc1.CS(=O)(=O)O. The highest BCUT2D eigenvalue weighted by Crippen LogP contribution is 2.03. The third-order valence-electron chi connectivity index (χ3n) is 1.99. The van der Waals surface area contributed by atoms with Gasteiger partial charge < -0.3 is 5.32 Å². The number of nitrogens with one attached hydrogen (secondary N) is 1. The van der Waals surface area contributed by atoms with Crippen LogP contribution in [0.1, 0.15) is 18.4 Å². The molecule has 2 N–H and O–H groups in total. The molecule has 0 amide bonds. The first-order chi connectivity index (χ1) is 7.93. The molecule has 0 radical (unpaired) electrons. The summed E-state index contributed by atoms with van der Waals surface area (Å²) in [5.74, 6) is 0. The van der Waals surface area contributed by atoms with Gasteiger partial charge in [0.15, 0.2) is 0 Å². The maximum absolute atomic E-state index is 9.19. The van der Waals surface area contributed by atoms with Crippen molar-refractivity contribution in [1.29, 1.82) is 0 Å². The molecule has 0 unspecified atom stereocenters. The smallest absolute Gasteiger partial charge is 0.261 e. The van der Waals surface area contributed by atoms with Gasteiger partial charge in [-0.2, -0.15) is 8.42 Å². The van der Waals surface area contributed by atoms with Gasteiger partial charge in [0, 0.05) is 0 Å². The van der Waals surface area contributed by atoms with Crippen LogP contribution in [0.3, 0.4) is 0 Å². The van der Waals surface area contributed by atoms with Crippen LogP contribution in [-0.4, -0.2) is 32.8 Å². The quantitative estimate of drug-likeness (QED) is 0.624. The molecule has 0 aliphatic carbocycles. The number of hydrogen-bond donors (Lipinski definition) is 2. The second-order valence-corrected chi connectivity index (χ2v) is 5.25. The van der Waals surface area contributed by atoms with E-state index in [0.29, 0.717) is 6.26 Å². The molecule has 0 heterocycles. The zero-order valence-corrected chi connectivity index (χ0v) is 11.2. The Hall–Kier alpha value is -0.910. The Morgan fingerprint density at radius 1 is 1.18 bits per heavy atom. The maximum atomic E-state index is 9.19. The van der Waals surface area contributed by atoms with E-state index in [0.717, 1.165) is 6.54 Å². The van der Waals surface area contributed by atoms with E-state index < -0.39 is 10.1 Å². The lowest BCUT2D eigenvalue weighted by Gasteiger charge is -2.00. The Morgan fingerprint density at radius 3 is 2.18 bits per heavy atom. The normalized spacial score (nSPS) is 10.5. The average Bonchev–Trinajstić information content (AvgIpc) is 2.24. The summed E-state index contributed by atoms with van der Waals surface area (Å²) >= 11 is 0. The van der Waals surface area contributed by atoms with Crippen molar-refractivity contribution in [3.8, 4) is 0 Å². The molecule has 0 saturated carbocycles. The zero-order valence-electron chi connectivity index (χ0n) is 10.4. The number of unbranched alkanes of at least 4 members (excludes halogenated alkanes) is 1. The summed E-state index contributed by atoms with van der Waals surface area (Å²) in [7, 11) is -1.66. The van der Waals surface area contributed by atoms with E-state index in [4.69, 9.17) is 4.55 Å². The van der Waals surface area contributed by atoms with E-state index in [1.54, 1.807) is 0 Å². The Morgan fingerprint density at radius 2 is 1.71 bits per heavy atom. The molecule has 1 rings (SSSR count). The minimum Gasteiger partial charge on any atom is -0.320 e. The van der Waals surface area contributed by atoms with Crippen molar-refractivity contribution in [1.82, 2.24) is 5.32 Å². The van der Waals surface area contributed by atoms with E-state index in [1.807, 2.05) is 7.05 Å². The summed E-state index contributed by atoms with van der Waals surface area (Å²) in [4.78, 5) is 0. The van der Waals surface area contributed by atoms with Crippen molar-refractivity contribution in [2.45, 2.75) is 19.3 Å². The third-order valence-corrected chi connectivity index (χ3v) is 1.99. The third kappa shape index (κ3) is 15.1. The van der Waals surface area contributed by atoms with Crippen LogP contribution in [0.15, 0.2) is 30.3 Å². The van der Waals surface area contributed by atoms with E-state index in [2.05, 4.69) is 35.6 Å². The van der Waals surface area contributed by atoms with Crippen LogP contribution in [0.25, 0.3) is 0 Å². The molecular formula is C12H21NO3S. The molecule has 4 nitrogen and oxygen atoms in total. The van der Waals surface area contributed by atoms with Crippen LogP contribution in [0.5, 0.6) is 0 Å². The van der Waals surface area contributed by atoms with Gasteiger partial charge in [-0.05, 0) is 38.4 Å². The fourth-order valence-corrected chi connectivity index (χ4v) is 1.28. The van der Waals surface area contributed by atoms with E-state index in [1.165, 1.54) is 24.8 Å². The van der Waals surface area contributed by atoms with Gasteiger partial charge in [0.05, 0.1) is 6.26 Å². The molecule has 5 heteroatoms. The van der Waals surface area contributed by atoms with Gasteiger partial charge in [-0.15, -0.1) is 0 Å². The minimum absolute atomic E-state index is 0.715. The van der Waals surface area contributed by atoms with Crippen LogP contribution >= 0.6 is 0 Å². The summed E-state index contributed by atoms with van der Waals surface area (Å²) in [6.45, 7) is 1.13. The number of aryl methyl sites for hydroxylation is 1.